The van der Waals surface area contributed by atoms with Gasteiger partial charge < -0.3 is 15.2 Å². The number of aliphatic carboxylic acids is 1. The Bertz CT molecular complexity index is 289. The van der Waals surface area contributed by atoms with E-state index in [-0.39, 0.29) is 5.57 Å². The Hall–Kier alpha value is -1.52. The number of rotatable bonds is 4. The molecule has 0 saturated heterocycles. The molecule has 0 spiro atoms. The minimum Gasteiger partial charge on any atom is -0.478 e. The maximum absolute atomic E-state index is 11.2. The van der Waals surface area contributed by atoms with Gasteiger partial charge in [0.2, 0.25) is 0 Å². The fourth-order valence-electron chi connectivity index (χ4n) is 0.864. The molecule has 0 saturated carbocycles. The molecule has 0 aliphatic heterocycles. The molecule has 0 unspecified atom stereocenters. The van der Waals surface area contributed by atoms with Crippen molar-refractivity contribution in [1.82, 2.24) is 5.32 Å². The van der Waals surface area contributed by atoms with Gasteiger partial charge in [0.1, 0.15) is 5.60 Å². The number of carboxylic acid groups (broad SMARTS) is 1. The molecule has 0 aromatic rings. The van der Waals surface area contributed by atoms with Crippen LogP contribution in [0.2, 0.25) is 0 Å². The van der Waals surface area contributed by atoms with Gasteiger partial charge in [0, 0.05) is 12.1 Å². The van der Waals surface area contributed by atoms with Gasteiger partial charge >= 0.3 is 12.1 Å². The van der Waals surface area contributed by atoms with Crippen molar-refractivity contribution >= 4 is 12.1 Å². The van der Waals surface area contributed by atoms with Crippen molar-refractivity contribution in [3.63, 3.8) is 0 Å². The third-order valence-corrected chi connectivity index (χ3v) is 1.60. The molecule has 0 aromatic carbocycles. The average molecular weight is 229 g/mol. The number of carbonyl (C=O) groups excluding carboxylic acids is 1. The molecule has 0 atom stereocenters. The van der Waals surface area contributed by atoms with Crippen molar-refractivity contribution in [2.45, 2.75) is 39.7 Å². The topological polar surface area (TPSA) is 75.6 Å². The lowest BCUT2D eigenvalue weighted by molar-refractivity contribution is -0.132. The van der Waals surface area contributed by atoms with Gasteiger partial charge in [-0.3, -0.25) is 0 Å². The van der Waals surface area contributed by atoms with E-state index in [1.807, 2.05) is 0 Å². The number of carboxylic acids is 1. The second-order valence-electron chi connectivity index (χ2n) is 4.41. The number of carbonyl (C=O) groups is 2. The van der Waals surface area contributed by atoms with Crippen LogP contribution in [0, 0.1) is 0 Å². The standard InChI is InChI=1S/C11H19NO4/c1-8(9(13)14)6-5-7-12-10(15)16-11(2,3)4/h6H,5,7H2,1-4H3,(H,12,15)(H,13,14). The monoisotopic (exact) mass is 229 g/mol. The highest BCUT2D eigenvalue weighted by atomic mass is 16.6. The fourth-order valence-corrected chi connectivity index (χ4v) is 0.864. The first-order valence-corrected chi connectivity index (χ1v) is 5.09. The van der Waals surface area contributed by atoms with Gasteiger partial charge in [0.25, 0.3) is 0 Å². The second kappa shape index (κ2) is 6.15. The zero-order chi connectivity index (χ0) is 12.8. The summed E-state index contributed by atoms with van der Waals surface area (Å²) in [7, 11) is 0. The van der Waals surface area contributed by atoms with E-state index in [0.717, 1.165) is 0 Å². The Morgan fingerprint density at radius 2 is 1.94 bits per heavy atom. The summed E-state index contributed by atoms with van der Waals surface area (Å²) in [6.07, 6.45) is 1.53. The SMILES string of the molecule is CC(=CCCNC(=O)OC(C)(C)C)C(=O)O. The van der Waals surface area contributed by atoms with E-state index in [2.05, 4.69) is 5.32 Å². The fraction of sp³-hybridized carbons (Fsp3) is 0.636. The Labute approximate surface area is 95.5 Å². The number of amides is 1. The van der Waals surface area contributed by atoms with Crippen molar-refractivity contribution in [2.75, 3.05) is 6.54 Å². The molecule has 92 valence electrons. The molecule has 5 nitrogen and oxygen atoms in total. The van der Waals surface area contributed by atoms with Crippen molar-refractivity contribution in [1.29, 1.82) is 0 Å². The van der Waals surface area contributed by atoms with Gasteiger partial charge in [-0.25, -0.2) is 9.59 Å². The molecule has 0 heterocycles. The Morgan fingerprint density at radius 3 is 2.38 bits per heavy atom. The second-order valence-corrected chi connectivity index (χ2v) is 4.41. The Morgan fingerprint density at radius 1 is 1.38 bits per heavy atom. The quantitative estimate of drug-likeness (QED) is 0.570. The van der Waals surface area contributed by atoms with Crippen molar-refractivity contribution in [3.8, 4) is 0 Å². The molecule has 0 fully saturated rings. The summed E-state index contributed by atoms with van der Waals surface area (Å²) in [6, 6.07) is 0. The summed E-state index contributed by atoms with van der Waals surface area (Å²) in [4.78, 5) is 21.6. The smallest absolute Gasteiger partial charge is 0.407 e. The molecule has 5 heteroatoms. The zero-order valence-corrected chi connectivity index (χ0v) is 10.2. The van der Waals surface area contributed by atoms with Gasteiger partial charge in [-0.15, -0.1) is 0 Å². The molecular weight excluding hydrogens is 210 g/mol. The maximum Gasteiger partial charge on any atom is 0.407 e. The number of hydrogen-bond donors (Lipinski definition) is 2. The molecule has 0 aromatic heterocycles. The van der Waals surface area contributed by atoms with Gasteiger partial charge in [0.05, 0.1) is 0 Å². The summed E-state index contributed by atoms with van der Waals surface area (Å²) >= 11 is 0. The first kappa shape index (κ1) is 14.5. The molecule has 2 N–H and O–H groups in total. The normalized spacial score (nSPS) is 12.1. The van der Waals surface area contributed by atoms with E-state index in [0.29, 0.717) is 13.0 Å². The highest BCUT2D eigenvalue weighted by molar-refractivity contribution is 5.85. The van der Waals surface area contributed by atoms with Crippen LogP contribution in [0.5, 0.6) is 0 Å². The summed E-state index contributed by atoms with van der Waals surface area (Å²) in [5.41, 5.74) is -0.248. The van der Waals surface area contributed by atoms with E-state index in [1.165, 1.54) is 6.92 Å². The first-order valence-electron chi connectivity index (χ1n) is 5.09. The van der Waals surface area contributed by atoms with Crippen LogP contribution in [-0.2, 0) is 9.53 Å². The van der Waals surface area contributed by atoms with Crippen LogP contribution in [0.3, 0.4) is 0 Å². The lowest BCUT2D eigenvalue weighted by atomic mass is 10.2. The molecular formula is C11H19NO4. The Kier molecular flexibility index (Phi) is 5.56. The van der Waals surface area contributed by atoms with Crippen molar-refractivity contribution in [3.05, 3.63) is 11.6 Å². The van der Waals surface area contributed by atoms with Crippen molar-refractivity contribution < 1.29 is 19.4 Å². The van der Waals surface area contributed by atoms with E-state index >= 15 is 0 Å². The molecule has 1 amide bonds. The third kappa shape index (κ3) is 7.84. The third-order valence-electron chi connectivity index (χ3n) is 1.60. The molecule has 0 rings (SSSR count). The number of ether oxygens (including phenoxy) is 1. The van der Waals surface area contributed by atoms with E-state index < -0.39 is 17.7 Å². The average Bonchev–Trinajstić information content (AvgIpc) is 2.08. The molecule has 0 aliphatic rings. The minimum atomic E-state index is -0.947. The predicted molar refractivity (Wildman–Crippen MR) is 60.2 cm³/mol. The van der Waals surface area contributed by atoms with E-state index in [1.54, 1.807) is 26.8 Å². The van der Waals surface area contributed by atoms with Crippen LogP contribution < -0.4 is 5.32 Å². The zero-order valence-electron chi connectivity index (χ0n) is 10.2. The van der Waals surface area contributed by atoms with Crippen molar-refractivity contribution in [2.24, 2.45) is 0 Å². The largest absolute Gasteiger partial charge is 0.478 e. The highest BCUT2D eigenvalue weighted by Gasteiger charge is 2.15. The van der Waals surface area contributed by atoms with E-state index in [9.17, 15) is 9.59 Å². The summed E-state index contributed by atoms with van der Waals surface area (Å²) in [6.45, 7) is 7.21. The van der Waals surface area contributed by atoms with Gasteiger partial charge in [-0.05, 0) is 34.1 Å². The van der Waals surface area contributed by atoms with E-state index in [4.69, 9.17) is 9.84 Å². The van der Waals surface area contributed by atoms with Crippen LogP contribution >= 0.6 is 0 Å². The highest BCUT2D eigenvalue weighted by Crippen LogP contribution is 2.06. The number of nitrogens with one attached hydrogen (secondary N) is 1. The molecule has 0 radical (unpaired) electrons. The van der Waals surface area contributed by atoms with Crippen LogP contribution in [0.25, 0.3) is 0 Å². The van der Waals surface area contributed by atoms with Crippen LogP contribution in [0.4, 0.5) is 4.79 Å². The lowest BCUT2D eigenvalue weighted by Crippen LogP contribution is -2.32. The van der Waals surface area contributed by atoms with Gasteiger partial charge in [-0.1, -0.05) is 6.08 Å². The summed E-state index contributed by atoms with van der Waals surface area (Å²) in [5, 5.41) is 11.1. The summed E-state index contributed by atoms with van der Waals surface area (Å²) < 4.78 is 5.01. The van der Waals surface area contributed by atoms with Crippen LogP contribution in [-0.4, -0.2) is 29.3 Å². The molecule has 0 bridgehead atoms. The Balaban J connectivity index is 3.80. The number of alkyl carbamates (subject to hydrolysis) is 1. The van der Waals surface area contributed by atoms with Gasteiger partial charge in [0.15, 0.2) is 0 Å². The maximum atomic E-state index is 11.2. The van der Waals surface area contributed by atoms with Gasteiger partial charge in [-0.2, -0.15) is 0 Å². The first-order chi connectivity index (χ1) is 7.22. The molecule has 0 aliphatic carbocycles. The van der Waals surface area contributed by atoms with Crippen LogP contribution in [0.15, 0.2) is 11.6 Å². The lowest BCUT2D eigenvalue weighted by Gasteiger charge is -2.19. The molecule has 16 heavy (non-hydrogen) atoms. The number of hydrogen-bond acceptors (Lipinski definition) is 3. The van der Waals surface area contributed by atoms with Crippen LogP contribution in [0.1, 0.15) is 34.1 Å². The minimum absolute atomic E-state index is 0.269. The summed E-state index contributed by atoms with van der Waals surface area (Å²) in [5.74, 6) is -0.947. The predicted octanol–water partition coefficient (Wildman–Crippen LogP) is 1.93.